The second kappa shape index (κ2) is 5.27. The lowest BCUT2D eigenvalue weighted by Crippen LogP contribution is -1.98. The van der Waals surface area contributed by atoms with Crippen LogP contribution in [0.3, 0.4) is 0 Å². The Morgan fingerprint density at radius 2 is 1.76 bits per heavy atom. The summed E-state index contributed by atoms with van der Waals surface area (Å²) in [4.78, 5) is 7.25. The Bertz CT molecular complexity index is 870. The van der Waals surface area contributed by atoms with Crippen LogP contribution in [0.25, 0.3) is 22.2 Å². The molecule has 0 saturated carbocycles. The Morgan fingerprint density at radius 1 is 1.00 bits per heavy atom. The first kappa shape index (κ1) is 14.3. The van der Waals surface area contributed by atoms with Crippen molar-refractivity contribution < 1.29 is 13.2 Å². The van der Waals surface area contributed by atoms with Gasteiger partial charge in [0.05, 0.1) is 16.2 Å². The van der Waals surface area contributed by atoms with E-state index in [2.05, 4.69) is 25.9 Å². The Hall–Kier alpha value is -1.66. The maximum absolute atomic E-state index is 14.0. The summed E-state index contributed by atoms with van der Waals surface area (Å²) in [6.45, 7) is 0. The molecule has 106 valence electrons. The average Bonchev–Trinajstić information content (AvgIpc) is 2.42. The highest BCUT2D eigenvalue weighted by molar-refractivity contribution is 9.10. The van der Waals surface area contributed by atoms with E-state index in [-0.39, 0.29) is 27.2 Å². The molecule has 3 aromatic rings. The second-order valence-corrected chi connectivity index (χ2v) is 5.45. The molecule has 0 unspecified atom stereocenters. The lowest BCUT2D eigenvalue weighted by molar-refractivity contribution is 0.545. The van der Waals surface area contributed by atoms with E-state index in [4.69, 9.17) is 11.6 Å². The minimum absolute atomic E-state index is 0.0266. The predicted octanol–water partition coefficient (Wildman–Crippen LogP) is 5.13. The average molecular weight is 374 g/mol. The van der Waals surface area contributed by atoms with Gasteiger partial charge in [0.15, 0.2) is 0 Å². The zero-order valence-electron chi connectivity index (χ0n) is 10.2. The Morgan fingerprint density at radius 3 is 2.48 bits per heavy atom. The molecule has 0 fully saturated rings. The van der Waals surface area contributed by atoms with Crippen LogP contribution in [0.1, 0.15) is 0 Å². The van der Waals surface area contributed by atoms with Gasteiger partial charge in [-0.15, -0.1) is 0 Å². The summed E-state index contributed by atoms with van der Waals surface area (Å²) < 4.78 is 41.1. The molecular formula is C14H5BrClF3N2. The van der Waals surface area contributed by atoms with Gasteiger partial charge in [0.2, 0.25) is 0 Å². The van der Waals surface area contributed by atoms with Gasteiger partial charge in [-0.05, 0) is 40.2 Å². The number of hydrogen-bond acceptors (Lipinski definition) is 2. The van der Waals surface area contributed by atoms with Gasteiger partial charge in [-0.2, -0.15) is 4.39 Å². The van der Waals surface area contributed by atoms with Crippen LogP contribution in [0.4, 0.5) is 13.2 Å². The van der Waals surface area contributed by atoms with Crippen LogP contribution in [0.2, 0.25) is 5.02 Å². The minimum Gasteiger partial charge on any atom is -0.207 e. The third kappa shape index (κ3) is 2.49. The Balaban J connectivity index is 2.43. The molecule has 0 aliphatic rings. The molecule has 0 aliphatic carbocycles. The van der Waals surface area contributed by atoms with Gasteiger partial charge < -0.3 is 0 Å². The molecule has 21 heavy (non-hydrogen) atoms. The molecule has 3 rings (SSSR count). The second-order valence-electron chi connectivity index (χ2n) is 4.22. The van der Waals surface area contributed by atoms with Crippen molar-refractivity contribution in [1.29, 1.82) is 0 Å². The van der Waals surface area contributed by atoms with Crippen molar-refractivity contribution in [1.82, 2.24) is 9.97 Å². The van der Waals surface area contributed by atoms with Crippen LogP contribution < -0.4 is 0 Å². The van der Waals surface area contributed by atoms with E-state index in [0.717, 1.165) is 6.07 Å². The highest BCUT2D eigenvalue weighted by Gasteiger charge is 2.17. The maximum Gasteiger partial charge on any atom is 0.309 e. The van der Waals surface area contributed by atoms with E-state index in [1.54, 1.807) is 6.07 Å². The van der Waals surface area contributed by atoms with Crippen LogP contribution in [0.15, 0.2) is 34.8 Å². The van der Waals surface area contributed by atoms with E-state index in [0.29, 0.717) is 10.5 Å². The lowest BCUT2D eigenvalue weighted by atomic mass is 10.1. The van der Waals surface area contributed by atoms with Crippen molar-refractivity contribution >= 4 is 38.4 Å². The SMILES string of the molecule is Fc1ccc(-c2nc(F)nc3ccc(Br)c(Cl)c23)c(F)c1. The van der Waals surface area contributed by atoms with Crippen molar-refractivity contribution in [3.8, 4) is 11.3 Å². The fourth-order valence-electron chi connectivity index (χ4n) is 2.01. The van der Waals surface area contributed by atoms with Crippen LogP contribution in [-0.4, -0.2) is 9.97 Å². The zero-order valence-corrected chi connectivity index (χ0v) is 12.5. The summed E-state index contributed by atoms with van der Waals surface area (Å²) in [7, 11) is 0. The first-order valence-corrected chi connectivity index (χ1v) is 6.91. The molecule has 0 amide bonds. The van der Waals surface area contributed by atoms with Gasteiger partial charge in [-0.1, -0.05) is 11.6 Å². The lowest BCUT2D eigenvalue weighted by Gasteiger charge is -2.09. The van der Waals surface area contributed by atoms with Crippen LogP contribution in [0.5, 0.6) is 0 Å². The Kier molecular flexibility index (Phi) is 3.59. The summed E-state index contributed by atoms with van der Waals surface area (Å²) in [5.74, 6) is -1.59. The zero-order chi connectivity index (χ0) is 15.1. The Labute approximate surface area is 130 Å². The smallest absolute Gasteiger partial charge is 0.207 e. The molecule has 0 saturated heterocycles. The largest absolute Gasteiger partial charge is 0.309 e. The molecule has 0 radical (unpaired) electrons. The van der Waals surface area contributed by atoms with Crippen molar-refractivity contribution in [3.63, 3.8) is 0 Å². The van der Waals surface area contributed by atoms with Crippen molar-refractivity contribution in [2.75, 3.05) is 0 Å². The van der Waals surface area contributed by atoms with Crippen LogP contribution in [-0.2, 0) is 0 Å². The van der Waals surface area contributed by atoms with Gasteiger partial charge in [0.1, 0.15) is 11.6 Å². The number of nitrogens with zero attached hydrogens (tertiary/aromatic N) is 2. The van der Waals surface area contributed by atoms with E-state index in [9.17, 15) is 13.2 Å². The number of rotatable bonds is 1. The molecule has 7 heteroatoms. The van der Waals surface area contributed by atoms with E-state index < -0.39 is 17.7 Å². The van der Waals surface area contributed by atoms with Gasteiger partial charge in [0, 0.05) is 21.5 Å². The number of hydrogen-bond donors (Lipinski definition) is 0. The van der Waals surface area contributed by atoms with E-state index >= 15 is 0 Å². The third-order valence-corrected chi connectivity index (χ3v) is 4.19. The number of benzene rings is 2. The van der Waals surface area contributed by atoms with Gasteiger partial charge >= 0.3 is 6.08 Å². The summed E-state index contributed by atoms with van der Waals surface area (Å²) in [5.41, 5.74) is 0.151. The molecule has 0 atom stereocenters. The summed E-state index contributed by atoms with van der Waals surface area (Å²) in [5, 5.41) is 0.518. The monoisotopic (exact) mass is 372 g/mol. The quantitative estimate of drug-likeness (QED) is 0.553. The van der Waals surface area contributed by atoms with Crippen molar-refractivity contribution in [2.24, 2.45) is 0 Å². The van der Waals surface area contributed by atoms with E-state index in [1.165, 1.54) is 12.1 Å². The fraction of sp³-hybridized carbons (Fsp3) is 0. The molecule has 2 aromatic carbocycles. The van der Waals surface area contributed by atoms with Gasteiger partial charge in [-0.3, -0.25) is 0 Å². The molecule has 0 bridgehead atoms. The molecular weight excluding hydrogens is 369 g/mol. The normalized spacial score (nSPS) is 11.1. The predicted molar refractivity (Wildman–Crippen MR) is 77.6 cm³/mol. The molecule has 1 heterocycles. The number of halogens is 5. The molecule has 1 aromatic heterocycles. The highest BCUT2D eigenvalue weighted by Crippen LogP contribution is 2.36. The first-order valence-electron chi connectivity index (χ1n) is 5.74. The van der Waals surface area contributed by atoms with E-state index in [1.807, 2.05) is 0 Å². The topological polar surface area (TPSA) is 25.8 Å². The third-order valence-electron chi connectivity index (χ3n) is 2.91. The molecule has 0 spiro atoms. The molecule has 2 nitrogen and oxygen atoms in total. The maximum atomic E-state index is 14.0. The highest BCUT2D eigenvalue weighted by atomic mass is 79.9. The number of aromatic nitrogens is 2. The molecule has 0 aliphatic heterocycles. The van der Waals surface area contributed by atoms with Crippen molar-refractivity contribution in [3.05, 3.63) is 57.5 Å². The molecule has 0 N–H and O–H groups in total. The van der Waals surface area contributed by atoms with Crippen LogP contribution >= 0.6 is 27.5 Å². The fourth-order valence-corrected chi connectivity index (χ4v) is 2.59. The van der Waals surface area contributed by atoms with Crippen molar-refractivity contribution in [2.45, 2.75) is 0 Å². The van der Waals surface area contributed by atoms with Gasteiger partial charge in [0.25, 0.3) is 0 Å². The minimum atomic E-state index is -1.01. The summed E-state index contributed by atoms with van der Waals surface area (Å²) in [6, 6.07) is 6.08. The van der Waals surface area contributed by atoms with Gasteiger partial charge in [-0.25, -0.2) is 18.7 Å². The van der Waals surface area contributed by atoms with Crippen LogP contribution in [0, 0.1) is 17.7 Å². The summed E-state index contributed by atoms with van der Waals surface area (Å²) in [6.07, 6.45) is -1.01. The first-order chi connectivity index (χ1) is 9.97. The number of fused-ring (bicyclic) bond motifs is 1. The summed E-state index contributed by atoms with van der Waals surface area (Å²) >= 11 is 9.41. The standard InChI is InChI=1S/C14H5BrClF3N2/c15-8-3-4-10-11(12(8)16)13(21-14(19)20-10)7-2-1-6(17)5-9(7)18/h1-5H.